The number of fused-ring (bicyclic) bond motifs is 1. The van der Waals surface area contributed by atoms with Crippen molar-refractivity contribution in [3.05, 3.63) is 58.2 Å². The Morgan fingerprint density at radius 3 is 2.50 bits per heavy atom. The van der Waals surface area contributed by atoms with E-state index in [0.29, 0.717) is 10.0 Å². The SMILES string of the molecule is C[N+]1(/C=C(\[O-])c2ccc(Br)cc2)CCc2cc(O)c(O)cc21. The minimum atomic E-state index is -0.158. The number of phenols is 2. The number of rotatable bonds is 2. The molecule has 1 aliphatic heterocycles. The first-order chi connectivity index (χ1) is 10.4. The topological polar surface area (TPSA) is 63.5 Å². The van der Waals surface area contributed by atoms with Gasteiger partial charge in [0.1, 0.15) is 5.69 Å². The lowest BCUT2D eigenvalue weighted by Gasteiger charge is -2.28. The van der Waals surface area contributed by atoms with Crippen molar-refractivity contribution in [3.63, 3.8) is 0 Å². The van der Waals surface area contributed by atoms with Crippen LogP contribution in [-0.2, 0) is 6.42 Å². The maximum Gasteiger partial charge on any atom is 0.163 e. The largest absolute Gasteiger partial charge is 0.868 e. The predicted octanol–water partition coefficient (Wildman–Crippen LogP) is 2.71. The van der Waals surface area contributed by atoms with Gasteiger partial charge in [-0.25, -0.2) is 0 Å². The van der Waals surface area contributed by atoms with E-state index in [9.17, 15) is 15.3 Å². The Bertz CT molecular complexity index is 755. The lowest BCUT2D eigenvalue weighted by molar-refractivity contribution is -0.244. The molecule has 1 unspecified atom stereocenters. The summed E-state index contributed by atoms with van der Waals surface area (Å²) in [5.41, 5.74) is 2.43. The second-order valence-electron chi connectivity index (χ2n) is 5.71. The van der Waals surface area contributed by atoms with Crippen molar-refractivity contribution < 1.29 is 15.3 Å². The van der Waals surface area contributed by atoms with Crippen LogP contribution in [0.25, 0.3) is 5.76 Å². The maximum atomic E-state index is 12.5. The van der Waals surface area contributed by atoms with E-state index in [4.69, 9.17) is 0 Å². The molecule has 0 spiro atoms. The van der Waals surface area contributed by atoms with Gasteiger partial charge in [-0.05, 0) is 29.5 Å². The minimum absolute atomic E-state index is 0.0598. The second kappa shape index (κ2) is 5.34. The van der Waals surface area contributed by atoms with E-state index in [1.807, 2.05) is 19.2 Å². The van der Waals surface area contributed by atoms with Gasteiger partial charge >= 0.3 is 0 Å². The Morgan fingerprint density at radius 1 is 1.18 bits per heavy atom. The van der Waals surface area contributed by atoms with Crippen molar-refractivity contribution in [2.45, 2.75) is 6.42 Å². The molecule has 1 atom stereocenters. The molecule has 0 amide bonds. The molecule has 0 aliphatic carbocycles. The van der Waals surface area contributed by atoms with Crippen molar-refractivity contribution in [2.24, 2.45) is 0 Å². The van der Waals surface area contributed by atoms with Gasteiger partial charge in [0.15, 0.2) is 11.5 Å². The first-order valence-corrected chi connectivity index (χ1v) is 7.75. The molecule has 0 radical (unpaired) electrons. The van der Waals surface area contributed by atoms with E-state index in [2.05, 4.69) is 15.9 Å². The summed E-state index contributed by atoms with van der Waals surface area (Å²) in [7, 11) is 1.93. The number of halogens is 1. The lowest BCUT2D eigenvalue weighted by atomic mass is 10.1. The number of quaternary nitrogens is 1. The molecule has 1 heterocycles. The van der Waals surface area contributed by atoms with Crippen molar-refractivity contribution in [2.75, 3.05) is 13.6 Å². The number of phenolic OH excluding ortho intramolecular Hbond substituents is 2. The van der Waals surface area contributed by atoms with Gasteiger partial charge in [-0.2, -0.15) is 0 Å². The molecule has 3 rings (SSSR count). The highest BCUT2D eigenvalue weighted by Gasteiger charge is 2.34. The third-order valence-corrected chi connectivity index (χ3v) is 4.63. The van der Waals surface area contributed by atoms with Gasteiger partial charge in [0.2, 0.25) is 0 Å². The average Bonchev–Trinajstić information content (AvgIpc) is 2.77. The molecule has 5 heteroatoms. The van der Waals surface area contributed by atoms with Crippen molar-refractivity contribution in [3.8, 4) is 11.5 Å². The van der Waals surface area contributed by atoms with E-state index in [-0.39, 0.29) is 17.3 Å². The van der Waals surface area contributed by atoms with Crippen LogP contribution in [-0.4, -0.2) is 23.8 Å². The van der Waals surface area contributed by atoms with Crippen molar-refractivity contribution >= 4 is 27.4 Å². The highest BCUT2D eigenvalue weighted by atomic mass is 79.9. The molecular weight excluding hydrogens is 346 g/mol. The van der Waals surface area contributed by atoms with E-state index in [0.717, 1.165) is 28.7 Å². The van der Waals surface area contributed by atoms with Crippen molar-refractivity contribution in [1.29, 1.82) is 0 Å². The minimum Gasteiger partial charge on any atom is -0.868 e. The molecule has 0 bridgehead atoms. The van der Waals surface area contributed by atoms with Gasteiger partial charge in [-0.15, -0.1) is 0 Å². The van der Waals surface area contributed by atoms with Gasteiger partial charge in [-0.3, -0.25) is 4.48 Å². The summed E-state index contributed by atoms with van der Waals surface area (Å²) in [5.74, 6) is -0.337. The molecule has 114 valence electrons. The number of likely N-dealkylation sites (N-methyl/N-ethyl adjacent to an activating group) is 1. The Hall–Kier alpha value is -1.98. The molecule has 2 aromatic carbocycles. The van der Waals surface area contributed by atoms with Crippen LogP contribution >= 0.6 is 15.9 Å². The molecule has 4 nitrogen and oxygen atoms in total. The number of hydrogen-bond donors (Lipinski definition) is 2. The summed E-state index contributed by atoms with van der Waals surface area (Å²) in [4.78, 5) is 0. The predicted molar refractivity (Wildman–Crippen MR) is 88.2 cm³/mol. The van der Waals surface area contributed by atoms with Gasteiger partial charge in [-0.1, -0.05) is 28.1 Å². The van der Waals surface area contributed by atoms with Gasteiger partial charge in [0.05, 0.1) is 19.8 Å². The van der Waals surface area contributed by atoms with Crippen LogP contribution in [0, 0.1) is 0 Å². The molecule has 0 aromatic heterocycles. The number of benzene rings is 2. The Kier molecular flexibility index (Phi) is 3.62. The molecule has 2 aromatic rings. The van der Waals surface area contributed by atoms with E-state index < -0.39 is 0 Å². The molecule has 22 heavy (non-hydrogen) atoms. The first kappa shape index (κ1) is 14.9. The highest BCUT2D eigenvalue weighted by Crippen LogP contribution is 2.41. The van der Waals surface area contributed by atoms with E-state index in [1.165, 1.54) is 0 Å². The maximum absolute atomic E-state index is 12.5. The second-order valence-corrected chi connectivity index (χ2v) is 6.63. The van der Waals surface area contributed by atoms with Crippen LogP contribution < -0.4 is 9.59 Å². The van der Waals surface area contributed by atoms with Gasteiger partial charge in [0.25, 0.3) is 0 Å². The van der Waals surface area contributed by atoms with Gasteiger partial charge < -0.3 is 15.3 Å². The molecule has 1 aliphatic rings. The van der Waals surface area contributed by atoms with Crippen LogP contribution in [0.4, 0.5) is 5.69 Å². The summed E-state index contributed by atoms with van der Waals surface area (Å²) in [6.45, 7) is 0.723. The smallest absolute Gasteiger partial charge is 0.163 e. The molecule has 0 saturated heterocycles. The highest BCUT2D eigenvalue weighted by molar-refractivity contribution is 9.10. The van der Waals surface area contributed by atoms with Crippen LogP contribution in [0.5, 0.6) is 11.5 Å². The zero-order valence-electron chi connectivity index (χ0n) is 12.1. The molecule has 0 fully saturated rings. The molecule has 2 N–H and O–H groups in total. The van der Waals surface area contributed by atoms with Crippen LogP contribution in [0.3, 0.4) is 0 Å². The van der Waals surface area contributed by atoms with E-state index in [1.54, 1.807) is 30.5 Å². The van der Waals surface area contributed by atoms with E-state index >= 15 is 0 Å². The summed E-state index contributed by atoms with van der Waals surface area (Å²) in [6.07, 6.45) is 2.41. The van der Waals surface area contributed by atoms with Crippen LogP contribution in [0.2, 0.25) is 0 Å². The fraction of sp³-hybridized carbons (Fsp3) is 0.176. The zero-order chi connectivity index (χ0) is 15.9. The quantitative estimate of drug-likeness (QED) is 0.491. The summed E-state index contributed by atoms with van der Waals surface area (Å²) in [6, 6.07) is 10.3. The molecular formula is C17H16BrNO3. The van der Waals surface area contributed by atoms with Gasteiger partial charge in [0, 0.05) is 22.5 Å². The third-order valence-electron chi connectivity index (χ3n) is 4.10. The Balaban J connectivity index is 2.01. The summed E-state index contributed by atoms with van der Waals surface area (Å²) >= 11 is 3.35. The van der Waals surface area contributed by atoms with Crippen LogP contribution in [0.15, 0.2) is 47.1 Å². The Labute approximate surface area is 137 Å². The number of nitrogens with zero attached hydrogens (tertiary/aromatic N) is 1. The van der Waals surface area contributed by atoms with Crippen molar-refractivity contribution in [1.82, 2.24) is 4.48 Å². The normalized spacial score (nSPS) is 20.9. The standard InChI is InChI=1S/C17H16BrNO3/c1-19(10-17(22)11-2-4-13(18)5-3-11)7-6-12-8-15(20)16(21)9-14(12)19/h2-5,8-10H,6-7H2,1H3,(H2-,20,21,22)/b17-10-. The average molecular weight is 362 g/mol. The first-order valence-electron chi connectivity index (χ1n) is 6.95. The fourth-order valence-corrected chi connectivity index (χ4v) is 3.10. The number of hydrogen-bond acceptors (Lipinski definition) is 3. The Morgan fingerprint density at radius 2 is 1.82 bits per heavy atom. The summed E-state index contributed by atoms with van der Waals surface area (Å²) in [5, 5.41) is 31.8. The fourth-order valence-electron chi connectivity index (χ4n) is 2.84. The lowest BCUT2D eigenvalue weighted by Crippen LogP contribution is -2.38. The number of aromatic hydroxyl groups is 2. The monoisotopic (exact) mass is 361 g/mol. The zero-order valence-corrected chi connectivity index (χ0v) is 13.7. The third kappa shape index (κ3) is 2.58. The summed E-state index contributed by atoms with van der Waals surface area (Å²) < 4.78 is 1.24. The van der Waals surface area contributed by atoms with Crippen LogP contribution in [0.1, 0.15) is 11.1 Å². The molecule has 0 saturated carbocycles.